The van der Waals surface area contributed by atoms with Gasteiger partial charge in [-0.1, -0.05) is 0 Å². The molecule has 0 unspecified atom stereocenters. The quantitative estimate of drug-likeness (QED) is 0.681. The molecule has 0 atom stereocenters. The number of hydrogen-bond acceptors (Lipinski definition) is 5. The topological polar surface area (TPSA) is 68.7 Å². The first-order valence-corrected chi connectivity index (χ1v) is 4.95. The molecule has 0 fully saturated rings. The summed E-state index contributed by atoms with van der Waals surface area (Å²) in [7, 11) is 0.964. The Balaban J connectivity index is 3.30. The Labute approximate surface area is 104 Å². The van der Waals surface area contributed by atoms with Crippen molar-refractivity contribution >= 4 is 17.6 Å². The van der Waals surface area contributed by atoms with Crippen LogP contribution in [0.4, 0.5) is 13.2 Å². The van der Waals surface area contributed by atoms with E-state index in [2.05, 4.69) is 14.5 Å². The third-order valence-corrected chi connectivity index (χ3v) is 2.04. The van der Waals surface area contributed by atoms with Crippen molar-refractivity contribution in [3.63, 3.8) is 0 Å². The zero-order valence-electron chi connectivity index (χ0n) is 8.92. The zero-order valence-corrected chi connectivity index (χ0v) is 9.67. The fourth-order valence-corrected chi connectivity index (χ4v) is 1.26. The number of ether oxygens (including phenoxy) is 2. The minimum atomic E-state index is -5.03. The van der Waals surface area contributed by atoms with Crippen LogP contribution in [0.1, 0.15) is 16.1 Å². The molecule has 0 aliphatic carbocycles. The smallest absolute Gasteiger partial charge is 0.506 e. The number of aromatic hydroxyl groups is 1. The molecule has 1 rings (SSSR count). The lowest BCUT2D eigenvalue weighted by atomic mass is 10.2. The third-order valence-electron chi connectivity index (χ3n) is 1.79. The molecule has 0 aliphatic heterocycles. The van der Waals surface area contributed by atoms with Gasteiger partial charge in [0.15, 0.2) is 0 Å². The number of nitrogens with zero attached hydrogens (tertiary/aromatic N) is 1. The number of aromatic nitrogens is 1. The highest BCUT2D eigenvalue weighted by Gasteiger charge is 2.34. The van der Waals surface area contributed by atoms with Gasteiger partial charge in [-0.05, 0) is 0 Å². The first-order chi connectivity index (χ1) is 8.28. The first kappa shape index (κ1) is 14.4. The molecule has 0 aromatic carbocycles. The van der Waals surface area contributed by atoms with Crippen LogP contribution in [0, 0.1) is 0 Å². The average molecular weight is 286 g/mol. The predicted molar refractivity (Wildman–Crippen MR) is 53.5 cm³/mol. The molecule has 0 aliphatic rings. The van der Waals surface area contributed by atoms with Crippen LogP contribution in [0.3, 0.4) is 0 Å². The molecular weight excluding hydrogens is 279 g/mol. The lowest BCUT2D eigenvalue weighted by Gasteiger charge is -2.12. The van der Waals surface area contributed by atoms with E-state index in [1.54, 1.807) is 0 Å². The second-order valence-electron chi connectivity index (χ2n) is 2.98. The largest absolute Gasteiger partial charge is 0.574 e. The van der Waals surface area contributed by atoms with Crippen LogP contribution >= 0.6 is 11.6 Å². The van der Waals surface area contributed by atoms with Crippen LogP contribution in [0.15, 0.2) is 6.07 Å². The van der Waals surface area contributed by atoms with E-state index in [4.69, 9.17) is 11.6 Å². The SMILES string of the molecule is COC(=O)c1cc(O)c(CCl)nc1OC(F)(F)F. The molecule has 1 aromatic rings. The van der Waals surface area contributed by atoms with E-state index in [1.807, 2.05) is 0 Å². The number of carbonyl (C=O) groups is 1. The summed E-state index contributed by atoms with van der Waals surface area (Å²) in [5, 5.41) is 9.37. The number of hydrogen-bond donors (Lipinski definition) is 1. The Kier molecular flexibility index (Phi) is 4.23. The van der Waals surface area contributed by atoms with E-state index >= 15 is 0 Å². The number of alkyl halides is 4. The minimum Gasteiger partial charge on any atom is -0.506 e. The normalized spacial score (nSPS) is 11.2. The number of methoxy groups -OCH3 is 1. The van der Waals surface area contributed by atoms with Crippen molar-refractivity contribution in [3.05, 3.63) is 17.3 Å². The summed E-state index contributed by atoms with van der Waals surface area (Å²) in [6, 6.07) is 0.748. The first-order valence-electron chi connectivity index (χ1n) is 4.41. The fourth-order valence-electron chi connectivity index (χ4n) is 1.06. The monoisotopic (exact) mass is 285 g/mol. The molecule has 100 valence electrons. The van der Waals surface area contributed by atoms with Gasteiger partial charge in [0.05, 0.1) is 13.0 Å². The molecular formula is C9H7ClF3NO4. The van der Waals surface area contributed by atoms with Crippen molar-refractivity contribution in [2.45, 2.75) is 12.2 Å². The third kappa shape index (κ3) is 3.39. The van der Waals surface area contributed by atoms with Gasteiger partial charge in [-0.15, -0.1) is 24.8 Å². The molecule has 0 spiro atoms. The van der Waals surface area contributed by atoms with E-state index in [1.165, 1.54) is 0 Å². The molecule has 1 heterocycles. The number of esters is 1. The molecule has 5 nitrogen and oxygen atoms in total. The van der Waals surface area contributed by atoms with Crippen molar-refractivity contribution in [2.24, 2.45) is 0 Å². The highest BCUT2D eigenvalue weighted by Crippen LogP contribution is 2.30. The molecule has 1 N–H and O–H groups in total. The summed E-state index contributed by atoms with van der Waals surface area (Å²) in [4.78, 5) is 14.5. The second kappa shape index (κ2) is 5.30. The van der Waals surface area contributed by atoms with Crippen molar-refractivity contribution in [1.82, 2.24) is 4.98 Å². The molecule has 1 aromatic heterocycles. The van der Waals surface area contributed by atoms with Crippen LogP contribution in [0.5, 0.6) is 11.6 Å². The van der Waals surface area contributed by atoms with Crippen LogP contribution < -0.4 is 4.74 Å². The summed E-state index contributed by atoms with van der Waals surface area (Å²) in [5.74, 6) is -3.03. The van der Waals surface area contributed by atoms with Crippen LogP contribution in [-0.4, -0.2) is 29.5 Å². The maximum Gasteiger partial charge on any atom is 0.574 e. The number of carbonyl (C=O) groups excluding carboxylic acids is 1. The summed E-state index contributed by atoms with van der Waals surface area (Å²) >= 11 is 5.37. The van der Waals surface area contributed by atoms with E-state index in [-0.39, 0.29) is 11.6 Å². The summed E-state index contributed by atoms with van der Waals surface area (Å²) in [6.07, 6.45) is -5.03. The summed E-state index contributed by atoms with van der Waals surface area (Å²) in [6.45, 7) is 0. The fraction of sp³-hybridized carbons (Fsp3) is 0.333. The van der Waals surface area contributed by atoms with Gasteiger partial charge in [0.25, 0.3) is 0 Å². The van der Waals surface area contributed by atoms with E-state index in [0.717, 1.165) is 13.2 Å². The zero-order chi connectivity index (χ0) is 13.9. The van der Waals surface area contributed by atoms with Crippen molar-refractivity contribution < 1.29 is 32.5 Å². The van der Waals surface area contributed by atoms with Crippen molar-refractivity contribution in [1.29, 1.82) is 0 Å². The van der Waals surface area contributed by atoms with Crippen LogP contribution in [0.25, 0.3) is 0 Å². The van der Waals surface area contributed by atoms with Gasteiger partial charge >= 0.3 is 12.3 Å². The van der Waals surface area contributed by atoms with E-state index < -0.39 is 29.5 Å². The maximum absolute atomic E-state index is 12.1. The van der Waals surface area contributed by atoms with E-state index in [9.17, 15) is 23.1 Å². The van der Waals surface area contributed by atoms with E-state index in [0.29, 0.717) is 0 Å². The van der Waals surface area contributed by atoms with Gasteiger partial charge in [0.1, 0.15) is 17.0 Å². The molecule has 18 heavy (non-hydrogen) atoms. The van der Waals surface area contributed by atoms with Gasteiger partial charge < -0.3 is 14.6 Å². The van der Waals surface area contributed by atoms with Gasteiger partial charge in [0, 0.05) is 6.07 Å². The standard InChI is InChI=1S/C9H7ClF3NO4/c1-17-8(16)4-2-6(15)5(3-10)14-7(4)18-9(11,12)13/h2,15H,3H2,1H3. The molecule has 9 heteroatoms. The highest BCUT2D eigenvalue weighted by molar-refractivity contribution is 6.17. The van der Waals surface area contributed by atoms with Crippen molar-refractivity contribution in [2.75, 3.05) is 7.11 Å². The average Bonchev–Trinajstić information content (AvgIpc) is 2.28. The number of halogens is 4. The molecule has 0 amide bonds. The Morgan fingerprint density at radius 1 is 1.56 bits per heavy atom. The predicted octanol–water partition coefficient (Wildman–Crippen LogP) is 2.21. The van der Waals surface area contributed by atoms with Gasteiger partial charge in [0.2, 0.25) is 5.88 Å². The van der Waals surface area contributed by atoms with Gasteiger partial charge in [-0.3, -0.25) is 0 Å². The molecule has 0 saturated heterocycles. The molecule has 0 radical (unpaired) electrons. The van der Waals surface area contributed by atoms with Gasteiger partial charge in [-0.2, -0.15) is 0 Å². The maximum atomic E-state index is 12.1. The number of pyridine rings is 1. The summed E-state index contributed by atoms with van der Waals surface area (Å²) in [5.41, 5.74) is -0.898. The molecule has 0 saturated carbocycles. The molecule has 0 bridgehead atoms. The lowest BCUT2D eigenvalue weighted by molar-refractivity contribution is -0.276. The van der Waals surface area contributed by atoms with Gasteiger partial charge in [-0.25, -0.2) is 9.78 Å². The van der Waals surface area contributed by atoms with Crippen LogP contribution in [0.2, 0.25) is 0 Å². The van der Waals surface area contributed by atoms with Crippen LogP contribution in [-0.2, 0) is 10.6 Å². The Hall–Kier alpha value is -1.70. The Bertz CT molecular complexity index is 464. The Morgan fingerprint density at radius 3 is 2.61 bits per heavy atom. The lowest BCUT2D eigenvalue weighted by Crippen LogP contribution is -2.20. The number of rotatable bonds is 3. The second-order valence-corrected chi connectivity index (χ2v) is 3.25. The highest BCUT2D eigenvalue weighted by atomic mass is 35.5. The summed E-state index contributed by atoms with van der Waals surface area (Å²) < 4.78 is 44.2. The van der Waals surface area contributed by atoms with Crippen molar-refractivity contribution in [3.8, 4) is 11.6 Å². The minimum absolute atomic E-state index is 0.247. The Morgan fingerprint density at radius 2 is 2.17 bits per heavy atom.